The lowest BCUT2D eigenvalue weighted by Gasteiger charge is -2.21. The molecule has 1 aromatic carbocycles. The Morgan fingerprint density at radius 1 is 1.50 bits per heavy atom. The van der Waals surface area contributed by atoms with Crippen LogP contribution in [0, 0.1) is 12.3 Å². The maximum absolute atomic E-state index is 11.6. The Bertz CT molecular complexity index is 471. The summed E-state index contributed by atoms with van der Waals surface area (Å²) in [5.74, 6) is 2.53. The second kappa shape index (κ2) is 5.92. The van der Waals surface area contributed by atoms with E-state index in [2.05, 4.69) is 27.2 Å². The van der Waals surface area contributed by atoms with Gasteiger partial charge in [0, 0.05) is 4.47 Å². The van der Waals surface area contributed by atoms with Crippen LogP contribution in [0.25, 0.3) is 0 Å². The van der Waals surface area contributed by atoms with Crippen molar-refractivity contribution in [3.8, 4) is 12.3 Å². The smallest absolute Gasteiger partial charge is 0.408 e. The van der Waals surface area contributed by atoms with E-state index >= 15 is 0 Å². The summed E-state index contributed by atoms with van der Waals surface area (Å²) in [6.45, 7) is 5.41. The normalized spacial score (nSPS) is 12.4. The highest BCUT2D eigenvalue weighted by atomic mass is 79.9. The zero-order valence-electron chi connectivity index (χ0n) is 10.7. The zero-order valence-corrected chi connectivity index (χ0v) is 12.2. The van der Waals surface area contributed by atoms with E-state index in [9.17, 15) is 4.79 Å². The van der Waals surface area contributed by atoms with Gasteiger partial charge in [0.25, 0.3) is 0 Å². The summed E-state index contributed by atoms with van der Waals surface area (Å²) >= 11 is 3.36. The van der Waals surface area contributed by atoms with Crippen LogP contribution in [0.5, 0.6) is 0 Å². The van der Waals surface area contributed by atoms with Crippen LogP contribution in [0.3, 0.4) is 0 Å². The quantitative estimate of drug-likeness (QED) is 0.847. The van der Waals surface area contributed by atoms with Crippen LogP contribution in [0.4, 0.5) is 4.79 Å². The van der Waals surface area contributed by atoms with Crippen molar-refractivity contribution in [2.24, 2.45) is 0 Å². The lowest BCUT2D eigenvalue weighted by Crippen LogP contribution is -2.34. The van der Waals surface area contributed by atoms with E-state index in [4.69, 9.17) is 11.2 Å². The lowest BCUT2D eigenvalue weighted by molar-refractivity contribution is 0.0516. The average Bonchev–Trinajstić information content (AvgIpc) is 2.23. The van der Waals surface area contributed by atoms with Gasteiger partial charge >= 0.3 is 6.09 Å². The van der Waals surface area contributed by atoms with E-state index in [1.807, 2.05) is 24.3 Å². The van der Waals surface area contributed by atoms with Crippen LogP contribution >= 0.6 is 15.9 Å². The van der Waals surface area contributed by atoms with Crippen LogP contribution < -0.4 is 5.32 Å². The van der Waals surface area contributed by atoms with Gasteiger partial charge in [0.1, 0.15) is 11.6 Å². The molecule has 0 bridgehead atoms. The first-order valence-electron chi connectivity index (χ1n) is 5.53. The number of carbonyl (C=O) groups is 1. The number of carbonyl (C=O) groups excluding carboxylic acids is 1. The van der Waals surface area contributed by atoms with Crippen molar-refractivity contribution in [3.63, 3.8) is 0 Å². The highest BCUT2D eigenvalue weighted by Gasteiger charge is 2.19. The van der Waals surface area contributed by atoms with E-state index in [1.54, 1.807) is 20.8 Å². The molecular weight excluding hydrogens is 294 g/mol. The minimum absolute atomic E-state index is 0.502. The molecule has 0 aliphatic carbocycles. The van der Waals surface area contributed by atoms with Crippen LogP contribution in [0.15, 0.2) is 28.7 Å². The van der Waals surface area contributed by atoms with Crippen molar-refractivity contribution >= 4 is 22.0 Å². The van der Waals surface area contributed by atoms with E-state index in [1.165, 1.54) is 0 Å². The Hall–Kier alpha value is -1.47. The molecule has 1 unspecified atom stereocenters. The second-order valence-corrected chi connectivity index (χ2v) is 5.72. The fourth-order valence-electron chi connectivity index (χ4n) is 1.33. The van der Waals surface area contributed by atoms with Gasteiger partial charge in [0.2, 0.25) is 0 Å². The first-order chi connectivity index (χ1) is 8.31. The number of hydrogen-bond acceptors (Lipinski definition) is 2. The van der Waals surface area contributed by atoms with Gasteiger partial charge in [-0.3, -0.25) is 0 Å². The van der Waals surface area contributed by atoms with Gasteiger partial charge in [-0.05, 0) is 38.5 Å². The molecule has 0 heterocycles. The number of hydrogen-bond donors (Lipinski definition) is 1. The van der Waals surface area contributed by atoms with Crippen LogP contribution in [-0.2, 0) is 4.74 Å². The predicted octanol–water partition coefficient (Wildman–Crippen LogP) is 3.65. The summed E-state index contributed by atoms with van der Waals surface area (Å²) in [4.78, 5) is 11.6. The summed E-state index contributed by atoms with van der Waals surface area (Å²) < 4.78 is 6.07. The summed E-state index contributed by atoms with van der Waals surface area (Å²) in [7, 11) is 0. The highest BCUT2D eigenvalue weighted by molar-refractivity contribution is 9.10. The third-order valence-corrected chi connectivity index (χ3v) is 2.50. The summed E-state index contributed by atoms with van der Waals surface area (Å²) in [6, 6.07) is 6.97. The lowest BCUT2D eigenvalue weighted by atomic mass is 10.1. The molecule has 0 radical (unpaired) electrons. The Morgan fingerprint density at radius 3 is 2.67 bits per heavy atom. The van der Waals surface area contributed by atoms with Crippen molar-refractivity contribution < 1.29 is 9.53 Å². The van der Waals surface area contributed by atoms with Crippen LogP contribution in [0.2, 0.25) is 0 Å². The van der Waals surface area contributed by atoms with Gasteiger partial charge in [0.05, 0.1) is 0 Å². The molecule has 18 heavy (non-hydrogen) atoms. The zero-order chi connectivity index (χ0) is 13.8. The van der Waals surface area contributed by atoms with Crippen molar-refractivity contribution in [2.75, 3.05) is 0 Å². The Kier molecular flexibility index (Phi) is 4.80. The van der Waals surface area contributed by atoms with Crippen molar-refractivity contribution in [1.29, 1.82) is 0 Å². The molecule has 4 heteroatoms. The standard InChI is InChI=1S/C14H16BrNO2/c1-5-12(10-7-6-8-11(15)9-10)16-13(17)18-14(2,3)4/h1,6-9,12H,2-4H3,(H,16,17). The van der Waals surface area contributed by atoms with Crippen LogP contribution in [0.1, 0.15) is 32.4 Å². The van der Waals surface area contributed by atoms with Crippen molar-refractivity contribution in [1.82, 2.24) is 5.32 Å². The largest absolute Gasteiger partial charge is 0.444 e. The summed E-state index contributed by atoms with van der Waals surface area (Å²) in [5.41, 5.74) is 0.290. The Balaban J connectivity index is 2.75. The molecule has 0 saturated heterocycles. The Morgan fingerprint density at radius 2 is 2.17 bits per heavy atom. The SMILES string of the molecule is C#CC(NC(=O)OC(C)(C)C)c1cccc(Br)c1. The number of benzene rings is 1. The molecule has 0 fully saturated rings. The van der Waals surface area contributed by atoms with Gasteiger partial charge in [0.15, 0.2) is 0 Å². The van der Waals surface area contributed by atoms with Gasteiger partial charge < -0.3 is 10.1 Å². The molecule has 0 spiro atoms. The fraction of sp³-hybridized carbons (Fsp3) is 0.357. The first-order valence-corrected chi connectivity index (χ1v) is 6.32. The maximum atomic E-state index is 11.6. The third-order valence-electron chi connectivity index (χ3n) is 2.01. The van der Waals surface area contributed by atoms with Gasteiger partial charge in [-0.15, -0.1) is 6.42 Å². The number of nitrogens with one attached hydrogen (secondary N) is 1. The van der Waals surface area contributed by atoms with Gasteiger partial charge in [-0.2, -0.15) is 0 Å². The van der Waals surface area contributed by atoms with E-state index in [0.29, 0.717) is 0 Å². The number of amides is 1. The molecule has 1 atom stereocenters. The molecule has 0 saturated carbocycles. The number of halogens is 1. The number of ether oxygens (including phenoxy) is 1. The maximum Gasteiger partial charge on any atom is 0.408 e. The van der Waals surface area contributed by atoms with Crippen LogP contribution in [-0.4, -0.2) is 11.7 Å². The predicted molar refractivity (Wildman–Crippen MR) is 75.1 cm³/mol. The van der Waals surface area contributed by atoms with Crippen molar-refractivity contribution in [3.05, 3.63) is 34.3 Å². The first kappa shape index (κ1) is 14.6. The minimum Gasteiger partial charge on any atom is -0.444 e. The number of alkyl carbamates (subject to hydrolysis) is 1. The molecule has 0 aliphatic rings. The van der Waals surface area contributed by atoms with Gasteiger partial charge in [-0.25, -0.2) is 4.79 Å². The van der Waals surface area contributed by atoms with Crippen molar-refractivity contribution in [2.45, 2.75) is 32.4 Å². The topological polar surface area (TPSA) is 38.3 Å². The monoisotopic (exact) mass is 309 g/mol. The van der Waals surface area contributed by atoms with E-state index in [0.717, 1.165) is 10.0 Å². The highest BCUT2D eigenvalue weighted by Crippen LogP contribution is 2.18. The molecule has 1 amide bonds. The minimum atomic E-state index is -0.541. The van der Waals surface area contributed by atoms with E-state index in [-0.39, 0.29) is 0 Å². The molecule has 1 N–H and O–H groups in total. The third kappa shape index (κ3) is 4.80. The summed E-state index contributed by atoms with van der Waals surface area (Å²) in [5, 5.41) is 2.65. The molecule has 1 rings (SSSR count). The molecular formula is C14H16BrNO2. The van der Waals surface area contributed by atoms with E-state index < -0.39 is 17.7 Å². The Labute approximate surface area is 116 Å². The summed E-state index contributed by atoms with van der Waals surface area (Å²) in [6.07, 6.45) is 4.91. The molecule has 0 aliphatic heterocycles. The molecule has 96 valence electrons. The number of terminal acetylenes is 1. The number of rotatable bonds is 2. The average molecular weight is 310 g/mol. The molecule has 1 aromatic rings. The molecule has 3 nitrogen and oxygen atoms in total. The fourth-order valence-corrected chi connectivity index (χ4v) is 1.75. The van der Waals surface area contributed by atoms with Gasteiger partial charge in [-0.1, -0.05) is 34.0 Å². The second-order valence-electron chi connectivity index (χ2n) is 4.80. The molecule has 0 aromatic heterocycles.